The van der Waals surface area contributed by atoms with E-state index in [1.165, 1.54) is 13.0 Å². The molecule has 12 heteroatoms. The Hall–Kier alpha value is -2.29. The number of nitrogens with two attached hydrogens (primary N) is 1. The SMILES string of the molecule is CCc1cc(C(=O)Nc2cc(-c3cccs3)ccc2N)ccc1C(CC)(CC)C(CC)(P(=O)(O)O)P(=O)(O)O. The molecule has 1 aromatic heterocycles. The number of carbonyl (C=O) groups is 1. The molecule has 39 heavy (non-hydrogen) atoms. The maximum atomic E-state index is 13.3. The van der Waals surface area contributed by atoms with Gasteiger partial charge >= 0.3 is 15.2 Å². The third kappa shape index (κ3) is 5.40. The maximum Gasteiger partial charge on any atom is 0.344 e. The first kappa shape index (κ1) is 31.2. The lowest BCUT2D eigenvalue weighted by Crippen LogP contribution is -2.50. The number of anilines is 2. The fourth-order valence-corrected chi connectivity index (χ4v) is 10.7. The summed E-state index contributed by atoms with van der Waals surface area (Å²) in [7, 11) is -10.7. The fraction of sp³-hybridized carbons (Fsp3) is 0.370. The van der Waals surface area contributed by atoms with E-state index in [1.54, 1.807) is 49.4 Å². The van der Waals surface area contributed by atoms with Crippen molar-refractivity contribution in [1.29, 1.82) is 0 Å². The van der Waals surface area contributed by atoms with Crippen LogP contribution in [0.4, 0.5) is 11.4 Å². The Morgan fingerprint density at radius 3 is 2.05 bits per heavy atom. The summed E-state index contributed by atoms with van der Waals surface area (Å²) in [4.78, 5) is 53.5. The molecule has 0 aliphatic heterocycles. The average molecular weight is 595 g/mol. The van der Waals surface area contributed by atoms with Gasteiger partial charge in [0.2, 0.25) is 0 Å². The van der Waals surface area contributed by atoms with Gasteiger partial charge in [0, 0.05) is 15.9 Å². The van der Waals surface area contributed by atoms with Crippen LogP contribution < -0.4 is 11.1 Å². The standard InChI is InChI=1S/C27H36N2O7P2S/c1-5-18-16-20(25(30)29-23-17-19(12-14-22(23)28)24-10-9-15-39-24)11-13-21(18)26(6-2,7-3)27(8-4,37(31,32)33)38(34,35)36/h9-17H,5-8,28H2,1-4H3,(H,29,30)(H2,31,32,33)(H2,34,35,36). The van der Waals surface area contributed by atoms with Gasteiger partial charge < -0.3 is 30.6 Å². The van der Waals surface area contributed by atoms with E-state index < -0.39 is 37.8 Å². The zero-order chi connectivity index (χ0) is 29.2. The smallest absolute Gasteiger partial charge is 0.344 e. The number of benzene rings is 2. The van der Waals surface area contributed by atoms with Crippen LogP contribution in [0, 0.1) is 0 Å². The predicted molar refractivity (Wildman–Crippen MR) is 157 cm³/mol. The summed E-state index contributed by atoms with van der Waals surface area (Å²) in [6.45, 7) is 6.55. The van der Waals surface area contributed by atoms with E-state index in [-0.39, 0.29) is 18.4 Å². The van der Waals surface area contributed by atoms with Crippen LogP contribution in [0.15, 0.2) is 53.9 Å². The Labute approximate surface area is 232 Å². The summed E-state index contributed by atoms with van der Waals surface area (Å²) < 4.78 is 25.8. The van der Waals surface area contributed by atoms with Crippen molar-refractivity contribution in [2.24, 2.45) is 0 Å². The molecule has 0 aliphatic rings. The van der Waals surface area contributed by atoms with Crippen LogP contribution >= 0.6 is 26.5 Å². The maximum absolute atomic E-state index is 13.3. The highest BCUT2D eigenvalue weighted by atomic mass is 32.1. The molecule has 1 amide bonds. The van der Waals surface area contributed by atoms with Gasteiger partial charge in [0.05, 0.1) is 11.4 Å². The zero-order valence-corrected chi connectivity index (χ0v) is 25.0. The first-order valence-electron chi connectivity index (χ1n) is 12.7. The number of aryl methyl sites for hydroxylation is 1. The molecule has 0 atom stereocenters. The molecule has 9 nitrogen and oxygen atoms in total. The van der Waals surface area contributed by atoms with Crippen molar-refractivity contribution in [3.63, 3.8) is 0 Å². The summed E-state index contributed by atoms with van der Waals surface area (Å²) in [6.07, 6.45) is 0.0705. The monoisotopic (exact) mass is 594 g/mol. The number of amides is 1. The Morgan fingerprint density at radius 2 is 1.56 bits per heavy atom. The highest BCUT2D eigenvalue weighted by molar-refractivity contribution is 7.72. The van der Waals surface area contributed by atoms with Crippen LogP contribution in [-0.2, 0) is 21.0 Å². The molecular weight excluding hydrogens is 558 g/mol. The number of carbonyl (C=O) groups excluding carboxylic acids is 1. The molecule has 1 heterocycles. The topological polar surface area (TPSA) is 170 Å². The van der Waals surface area contributed by atoms with Crippen LogP contribution in [0.1, 0.15) is 68.4 Å². The van der Waals surface area contributed by atoms with E-state index in [4.69, 9.17) is 5.73 Å². The minimum Gasteiger partial charge on any atom is -0.397 e. The number of nitrogen functional groups attached to an aromatic ring is 1. The molecule has 3 aromatic rings. The lowest BCUT2D eigenvalue weighted by Gasteiger charge is -2.50. The largest absolute Gasteiger partial charge is 0.397 e. The van der Waals surface area contributed by atoms with Crippen molar-refractivity contribution >= 4 is 43.8 Å². The van der Waals surface area contributed by atoms with Crippen LogP contribution in [0.3, 0.4) is 0 Å². The van der Waals surface area contributed by atoms with Gasteiger partial charge in [-0.2, -0.15) is 0 Å². The molecule has 0 unspecified atom stereocenters. The van der Waals surface area contributed by atoms with Gasteiger partial charge in [0.25, 0.3) is 5.91 Å². The molecule has 2 aromatic carbocycles. The normalized spacial score (nSPS) is 12.9. The van der Waals surface area contributed by atoms with Crippen molar-refractivity contribution in [3.05, 3.63) is 70.6 Å². The molecular formula is C27H36N2O7P2S. The Kier molecular flexibility index (Phi) is 9.35. The average Bonchev–Trinajstić information content (AvgIpc) is 3.42. The van der Waals surface area contributed by atoms with E-state index in [0.29, 0.717) is 28.9 Å². The number of rotatable bonds is 11. The first-order valence-corrected chi connectivity index (χ1v) is 16.8. The van der Waals surface area contributed by atoms with Crippen LogP contribution in [0.25, 0.3) is 10.4 Å². The Morgan fingerprint density at radius 1 is 0.923 bits per heavy atom. The molecule has 0 fully saturated rings. The van der Waals surface area contributed by atoms with Crippen LogP contribution in [0.5, 0.6) is 0 Å². The van der Waals surface area contributed by atoms with Gasteiger partial charge in [-0.3, -0.25) is 13.9 Å². The van der Waals surface area contributed by atoms with Crippen molar-refractivity contribution < 1.29 is 33.5 Å². The highest BCUT2D eigenvalue weighted by Gasteiger charge is 2.69. The second-order valence-corrected chi connectivity index (χ2v) is 14.5. The second-order valence-electron chi connectivity index (χ2n) is 9.51. The van der Waals surface area contributed by atoms with E-state index in [1.807, 2.05) is 30.5 Å². The predicted octanol–water partition coefficient (Wildman–Crippen LogP) is 6.33. The molecule has 7 N–H and O–H groups in total. The van der Waals surface area contributed by atoms with Gasteiger partial charge in [-0.15, -0.1) is 11.3 Å². The lowest BCUT2D eigenvalue weighted by molar-refractivity contribution is 0.102. The molecule has 212 valence electrons. The Bertz CT molecular complexity index is 1400. The van der Waals surface area contributed by atoms with Gasteiger partial charge in [-0.05, 0) is 78.1 Å². The van der Waals surface area contributed by atoms with E-state index in [0.717, 1.165) is 10.4 Å². The summed E-state index contributed by atoms with van der Waals surface area (Å²) in [6, 6.07) is 14.0. The minimum absolute atomic E-state index is 0.0676. The third-order valence-electron chi connectivity index (χ3n) is 7.80. The highest BCUT2D eigenvalue weighted by Crippen LogP contribution is 2.78. The number of hydrogen-bond acceptors (Lipinski definition) is 5. The van der Waals surface area contributed by atoms with E-state index >= 15 is 0 Å². The van der Waals surface area contributed by atoms with E-state index in [9.17, 15) is 33.5 Å². The van der Waals surface area contributed by atoms with Gasteiger partial charge in [-0.1, -0.05) is 45.9 Å². The molecule has 0 saturated heterocycles. The zero-order valence-electron chi connectivity index (χ0n) is 22.4. The van der Waals surface area contributed by atoms with Crippen molar-refractivity contribution in [2.45, 2.75) is 63.7 Å². The van der Waals surface area contributed by atoms with Crippen molar-refractivity contribution in [1.82, 2.24) is 0 Å². The van der Waals surface area contributed by atoms with Gasteiger partial charge in [-0.25, -0.2) is 0 Å². The van der Waals surface area contributed by atoms with Crippen LogP contribution in [-0.4, -0.2) is 30.4 Å². The number of thiophene rings is 1. The summed E-state index contributed by atoms with van der Waals surface area (Å²) in [5.74, 6) is -0.434. The van der Waals surface area contributed by atoms with E-state index in [2.05, 4.69) is 5.32 Å². The minimum atomic E-state index is -5.34. The lowest BCUT2D eigenvalue weighted by atomic mass is 9.69. The number of nitrogens with one attached hydrogen (secondary N) is 1. The number of hydrogen-bond donors (Lipinski definition) is 6. The Balaban J connectivity index is 2.12. The molecule has 0 aliphatic carbocycles. The summed E-state index contributed by atoms with van der Waals surface area (Å²) in [5.41, 5.74) is 7.58. The molecule has 0 bridgehead atoms. The molecule has 0 saturated carbocycles. The fourth-order valence-electron chi connectivity index (χ4n) is 5.84. The first-order chi connectivity index (χ1) is 18.2. The van der Waals surface area contributed by atoms with Gasteiger partial charge in [0.15, 0.2) is 4.90 Å². The van der Waals surface area contributed by atoms with Crippen molar-refractivity contribution in [3.8, 4) is 10.4 Å². The van der Waals surface area contributed by atoms with Crippen molar-refractivity contribution in [2.75, 3.05) is 11.1 Å². The third-order valence-corrected chi connectivity index (χ3v) is 13.7. The molecule has 0 spiro atoms. The molecule has 0 radical (unpaired) electrons. The van der Waals surface area contributed by atoms with Crippen LogP contribution in [0.2, 0.25) is 0 Å². The molecule has 3 rings (SSSR count). The quantitative estimate of drug-likeness (QED) is 0.110. The second kappa shape index (κ2) is 11.7. The summed E-state index contributed by atoms with van der Waals surface area (Å²) in [5, 5.41) is 4.80. The van der Waals surface area contributed by atoms with Gasteiger partial charge in [0.1, 0.15) is 0 Å². The summed E-state index contributed by atoms with van der Waals surface area (Å²) >= 11 is 1.56.